The molecule has 25 heavy (non-hydrogen) atoms. The molecule has 2 heterocycles. The SMILES string of the molecule is CNC(=O)N1CCOc2ccc(-c3ccnc4ccccc34)cc2C1. The largest absolute Gasteiger partial charge is 0.491 e. The first-order valence-corrected chi connectivity index (χ1v) is 8.33. The number of rotatable bonds is 1. The predicted octanol–water partition coefficient (Wildman–Crippen LogP) is 3.44. The molecule has 1 N–H and O–H groups in total. The van der Waals surface area contributed by atoms with Crippen LogP contribution in [0.25, 0.3) is 22.0 Å². The smallest absolute Gasteiger partial charge is 0.317 e. The Morgan fingerprint density at radius 2 is 2.08 bits per heavy atom. The van der Waals surface area contributed by atoms with Crippen LogP contribution in [0.15, 0.2) is 54.7 Å². The van der Waals surface area contributed by atoms with Crippen LogP contribution in [0.2, 0.25) is 0 Å². The minimum Gasteiger partial charge on any atom is -0.491 e. The summed E-state index contributed by atoms with van der Waals surface area (Å²) < 4.78 is 5.82. The summed E-state index contributed by atoms with van der Waals surface area (Å²) in [5.41, 5.74) is 4.21. The highest BCUT2D eigenvalue weighted by atomic mass is 16.5. The van der Waals surface area contributed by atoms with Gasteiger partial charge in [-0.15, -0.1) is 0 Å². The molecule has 0 radical (unpaired) electrons. The van der Waals surface area contributed by atoms with Crippen LogP contribution in [0.1, 0.15) is 5.56 Å². The van der Waals surface area contributed by atoms with Crippen LogP contribution in [-0.2, 0) is 6.54 Å². The van der Waals surface area contributed by atoms with Crippen LogP contribution >= 0.6 is 0 Å². The average molecular weight is 333 g/mol. The summed E-state index contributed by atoms with van der Waals surface area (Å²) in [6, 6.07) is 16.2. The van der Waals surface area contributed by atoms with E-state index in [9.17, 15) is 4.79 Å². The van der Waals surface area contributed by atoms with Crippen molar-refractivity contribution in [1.29, 1.82) is 0 Å². The predicted molar refractivity (Wildman–Crippen MR) is 97.5 cm³/mol. The van der Waals surface area contributed by atoms with E-state index in [1.807, 2.05) is 36.5 Å². The number of para-hydroxylation sites is 1. The molecule has 0 spiro atoms. The van der Waals surface area contributed by atoms with Crippen molar-refractivity contribution >= 4 is 16.9 Å². The zero-order chi connectivity index (χ0) is 17.2. The molecule has 1 aliphatic heterocycles. The average Bonchev–Trinajstić information content (AvgIpc) is 2.88. The number of urea groups is 1. The molecule has 0 bridgehead atoms. The summed E-state index contributed by atoms with van der Waals surface area (Å²) in [6.07, 6.45) is 1.83. The third kappa shape index (κ3) is 2.89. The Hall–Kier alpha value is -3.08. The van der Waals surface area contributed by atoms with E-state index >= 15 is 0 Å². The third-order valence-corrected chi connectivity index (χ3v) is 4.50. The molecule has 0 aliphatic carbocycles. The first-order chi connectivity index (χ1) is 12.3. The van der Waals surface area contributed by atoms with E-state index in [-0.39, 0.29) is 6.03 Å². The summed E-state index contributed by atoms with van der Waals surface area (Å²) in [7, 11) is 1.65. The number of pyridine rings is 1. The number of hydrogen-bond donors (Lipinski definition) is 1. The van der Waals surface area contributed by atoms with E-state index in [0.717, 1.165) is 33.3 Å². The molecule has 5 heteroatoms. The molecule has 0 saturated carbocycles. The normalized spacial score (nSPS) is 13.7. The van der Waals surface area contributed by atoms with Gasteiger partial charge in [-0.05, 0) is 35.4 Å². The van der Waals surface area contributed by atoms with E-state index in [2.05, 4.69) is 28.5 Å². The zero-order valence-electron chi connectivity index (χ0n) is 14.0. The number of amides is 2. The number of aromatic nitrogens is 1. The maximum Gasteiger partial charge on any atom is 0.317 e. The number of ether oxygens (including phenoxy) is 1. The van der Waals surface area contributed by atoms with Crippen molar-refractivity contribution in [2.75, 3.05) is 20.2 Å². The summed E-state index contributed by atoms with van der Waals surface area (Å²) in [5.74, 6) is 0.841. The molecular weight excluding hydrogens is 314 g/mol. The summed E-state index contributed by atoms with van der Waals surface area (Å²) in [4.78, 5) is 18.2. The van der Waals surface area contributed by atoms with Crippen molar-refractivity contribution in [3.8, 4) is 16.9 Å². The molecule has 126 valence electrons. The van der Waals surface area contributed by atoms with Crippen molar-refractivity contribution in [2.24, 2.45) is 0 Å². The Morgan fingerprint density at radius 3 is 2.96 bits per heavy atom. The third-order valence-electron chi connectivity index (χ3n) is 4.50. The molecule has 1 aromatic heterocycles. The number of carbonyl (C=O) groups is 1. The van der Waals surface area contributed by atoms with Gasteiger partial charge in [0.25, 0.3) is 0 Å². The highest BCUT2D eigenvalue weighted by molar-refractivity contribution is 5.94. The van der Waals surface area contributed by atoms with Gasteiger partial charge >= 0.3 is 6.03 Å². The van der Waals surface area contributed by atoms with E-state index in [4.69, 9.17) is 4.74 Å². The van der Waals surface area contributed by atoms with Gasteiger partial charge in [0.15, 0.2) is 0 Å². The standard InChI is InChI=1S/C20H19N3O2/c1-21-20(24)23-10-11-25-19-7-6-14(12-15(19)13-23)16-8-9-22-18-5-3-2-4-17(16)18/h2-9,12H,10-11,13H2,1H3,(H,21,24). The van der Waals surface area contributed by atoms with Gasteiger partial charge in [0.2, 0.25) is 0 Å². The fourth-order valence-corrected chi connectivity index (χ4v) is 3.24. The molecule has 0 unspecified atom stereocenters. The second-order valence-corrected chi connectivity index (χ2v) is 6.02. The number of benzene rings is 2. The number of nitrogens with zero attached hydrogens (tertiary/aromatic N) is 2. The fourth-order valence-electron chi connectivity index (χ4n) is 3.24. The Labute approximate surface area is 146 Å². The van der Waals surface area contributed by atoms with Crippen molar-refractivity contribution in [1.82, 2.24) is 15.2 Å². The van der Waals surface area contributed by atoms with Gasteiger partial charge in [-0.1, -0.05) is 24.3 Å². The van der Waals surface area contributed by atoms with Crippen LogP contribution in [0.5, 0.6) is 5.75 Å². The van der Waals surface area contributed by atoms with Crippen LogP contribution in [0, 0.1) is 0 Å². The molecule has 1 aliphatic rings. The minimum absolute atomic E-state index is 0.0868. The summed E-state index contributed by atoms with van der Waals surface area (Å²) in [6.45, 7) is 1.60. The lowest BCUT2D eigenvalue weighted by Gasteiger charge is -2.19. The van der Waals surface area contributed by atoms with Crippen molar-refractivity contribution in [2.45, 2.75) is 6.54 Å². The van der Waals surface area contributed by atoms with E-state index in [0.29, 0.717) is 19.7 Å². The van der Waals surface area contributed by atoms with Crippen LogP contribution in [0.3, 0.4) is 0 Å². The Morgan fingerprint density at radius 1 is 1.20 bits per heavy atom. The zero-order valence-corrected chi connectivity index (χ0v) is 14.0. The minimum atomic E-state index is -0.0868. The molecule has 0 saturated heterocycles. The van der Waals surface area contributed by atoms with Crippen LogP contribution < -0.4 is 10.1 Å². The Kier molecular flexibility index (Phi) is 3.98. The highest BCUT2D eigenvalue weighted by Gasteiger charge is 2.19. The van der Waals surface area contributed by atoms with Gasteiger partial charge in [0.05, 0.1) is 18.6 Å². The first kappa shape index (κ1) is 15.4. The van der Waals surface area contributed by atoms with Crippen molar-refractivity contribution < 1.29 is 9.53 Å². The quantitative estimate of drug-likeness (QED) is 0.742. The number of carbonyl (C=O) groups excluding carboxylic acids is 1. The number of fused-ring (bicyclic) bond motifs is 2. The maximum absolute atomic E-state index is 12.0. The van der Waals surface area contributed by atoms with E-state index in [1.165, 1.54) is 0 Å². The fraction of sp³-hybridized carbons (Fsp3) is 0.200. The molecule has 0 fully saturated rings. The van der Waals surface area contributed by atoms with Crippen molar-refractivity contribution in [3.63, 3.8) is 0 Å². The molecule has 2 aromatic carbocycles. The van der Waals surface area contributed by atoms with Crippen molar-refractivity contribution in [3.05, 3.63) is 60.3 Å². The molecule has 4 rings (SSSR count). The molecule has 2 amide bonds. The topological polar surface area (TPSA) is 54.5 Å². The maximum atomic E-state index is 12.0. The Bertz CT molecular complexity index is 934. The summed E-state index contributed by atoms with van der Waals surface area (Å²) in [5, 5.41) is 3.80. The van der Waals surface area contributed by atoms with E-state index < -0.39 is 0 Å². The first-order valence-electron chi connectivity index (χ1n) is 8.33. The van der Waals surface area contributed by atoms with Gasteiger partial charge in [-0.2, -0.15) is 0 Å². The Balaban J connectivity index is 1.78. The lowest BCUT2D eigenvalue weighted by molar-refractivity contribution is 0.190. The van der Waals surface area contributed by atoms with Crippen LogP contribution in [-0.4, -0.2) is 36.1 Å². The summed E-state index contributed by atoms with van der Waals surface area (Å²) >= 11 is 0. The number of hydrogen-bond acceptors (Lipinski definition) is 3. The lowest BCUT2D eigenvalue weighted by Crippen LogP contribution is -2.38. The van der Waals surface area contributed by atoms with Gasteiger partial charge in [-0.3, -0.25) is 4.98 Å². The van der Waals surface area contributed by atoms with Gasteiger partial charge in [0, 0.05) is 24.2 Å². The number of nitrogens with one attached hydrogen (secondary N) is 1. The monoisotopic (exact) mass is 333 g/mol. The van der Waals surface area contributed by atoms with Gasteiger partial charge < -0.3 is 15.0 Å². The molecule has 0 atom stereocenters. The van der Waals surface area contributed by atoms with Gasteiger partial charge in [0.1, 0.15) is 12.4 Å². The van der Waals surface area contributed by atoms with Crippen LogP contribution in [0.4, 0.5) is 4.79 Å². The van der Waals surface area contributed by atoms with Gasteiger partial charge in [-0.25, -0.2) is 4.79 Å². The van der Waals surface area contributed by atoms with E-state index in [1.54, 1.807) is 11.9 Å². The molecular formula is C20H19N3O2. The molecule has 5 nitrogen and oxygen atoms in total. The molecule has 3 aromatic rings. The highest BCUT2D eigenvalue weighted by Crippen LogP contribution is 2.32. The lowest BCUT2D eigenvalue weighted by atomic mass is 9.99. The second-order valence-electron chi connectivity index (χ2n) is 6.02. The second kappa shape index (κ2) is 6.43.